The van der Waals surface area contributed by atoms with E-state index in [0.29, 0.717) is 6.86 Å². The van der Waals surface area contributed by atoms with Crippen LogP contribution in [-0.2, 0) is 0 Å². The molecule has 0 fully saturated rings. The summed E-state index contributed by atoms with van der Waals surface area (Å²) in [7, 11) is 0. The van der Waals surface area contributed by atoms with Crippen molar-refractivity contribution in [3.05, 3.63) is 0 Å². The van der Waals surface area contributed by atoms with E-state index in [2.05, 4.69) is 41.5 Å². The van der Waals surface area contributed by atoms with E-state index in [0.717, 1.165) is 0 Å². The van der Waals surface area contributed by atoms with Crippen molar-refractivity contribution in [2.45, 2.75) is 61.2 Å². The molecule has 0 unspecified atom stereocenters. The third kappa shape index (κ3) is 5.10. The van der Waals surface area contributed by atoms with Crippen LogP contribution in [-0.4, -0.2) is 21.1 Å². The normalized spacial score (nSPS) is 12.9. The maximum atomic E-state index is 2.44. The van der Waals surface area contributed by atoms with Crippen LogP contribution in [0.25, 0.3) is 0 Å². The van der Waals surface area contributed by atoms with Crippen LogP contribution in [0.2, 0.25) is 6.86 Å². The van der Waals surface area contributed by atoms with Crippen molar-refractivity contribution >= 4 is 21.1 Å². The molecule has 0 aliphatic rings. The quantitative estimate of drug-likeness (QED) is 0.673. The fourth-order valence-corrected chi connectivity index (χ4v) is 7.33. The summed E-state index contributed by atoms with van der Waals surface area (Å²) < 4.78 is 1.39. The van der Waals surface area contributed by atoms with Gasteiger partial charge < -0.3 is 0 Å². The van der Waals surface area contributed by atoms with E-state index < -0.39 is 0 Å². The first-order valence-corrected chi connectivity index (χ1v) is 7.48. The Hall–Kier alpha value is 0.799. The molecule has 0 aliphatic carbocycles. The molecule has 64 valence electrons. The minimum absolute atomic E-state index is 0.218. The van der Waals surface area contributed by atoms with Gasteiger partial charge in [0.05, 0.1) is 0 Å². The van der Waals surface area contributed by atoms with E-state index in [4.69, 9.17) is 0 Å². The van der Waals surface area contributed by atoms with E-state index in [1.165, 1.54) is 12.8 Å². The van der Waals surface area contributed by atoms with Gasteiger partial charge in [0, 0.05) is 0 Å². The fraction of sp³-hybridized carbons (Fsp3) is 1.00. The van der Waals surface area contributed by atoms with Gasteiger partial charge in [-0.05, 0) is 0 Å². The molecule has 0 heterocycles. The van der Waals surface area contributed by atoms with E-state index in [1.54, 1.807) is 0 Å². The van der Waals surface area contributed by atoms with Gasteiger partial charge in [-0.1, -0.05) is 0 Å². The van der Waals surface area contributed by atoms with Crippen molar-refractivity contribution in [2.24, 2.45) is 0 Å². The molecule has 0 aromatic carbocycles. The molecule has 0 N–H and O–H groups in total. The zero-order chi connectivity index (χ0) is 9.12. The van der Waals surface area contributed by atoms with Crippen molar-refractivity contribution < 1.29 is 0 Å². The zero-order valence-corrected chi connectivity index (χ0v) is 11.8. The molecule has 0 atom stereocenters. The molecule has 0 aromatic heterocycles. The van der Waals surface area contributed by atoms with Crippen molar-refractivity contribution in [1.29, 1.82) is 0 Å². The third-order valence-electron chi connectivity index (χ3n) is 2.44. The Labute approximate surface area is 82.4 Å². The van der Waals surface area contributed by atoms with Gasteiger partial charge in [-0.3, -0.25) is 0 Å². The second-order valence-corrected chi connectivity index (χ2v) is 13.0. The summed E-state index contributed by atoms with van der Waals surface area (Å²) in [5, 5.41) is 0. The minimum atomic E-state index is -0.218. The molecule has 0 rings (SSSR count). The SMILES string of the molecule is CC[C](C)(C)[Sn+2][C](C)(C)CC. The topological polar surface area (TPSA) is 0 Å². The Morgan fingerprint density at radius 2 is 1.09 bits per heavy atom. The number of hydrogen-bond acceptors (Lipinski definition) is 0. The predicted octanol–water partition coefficient (Wildman–Crippen LogP) is 3.91. The van der Waals surface area contributed by atoms with Gasteiger partial charge in [0.25, 0.3) is 0 Å². The zero-order valence-electron chi connectivity index (χ0n) is 8.91. The van der Waals surface area contributed by atoms with E-state index >= 15 is 0 Å². The average molecular weight is 261 g/mol. The van der Waals surface area contributed by atoms with Crippen LogP contribution in [0.15, 0.2) is 0 Å². The van der Waals surface area contributed by atoms with Crippen LogP contribution < -0.4 is 0 Å². The second-order valence-electron chi connectivity index (χ2n) is 4.60. The van der Waals surface area contributed by atoms with Crippen LogP contribution in [0.3, 0.4) is 0 Å². The summed E-state index contributed by atoms with van der Waals surface area (Å²) in [4.78, 5) is 0. The van der Waals surface area contributed by atoms with E-state index in [1.807, 2.05) is 0 Å². The van der Waals surface area contributed by atoms with Crippen LogP contribution in [0.4, 0.5) is 0 Å². The number of hydrogen-bond donors (Lipinski definition) is 0. The van der Waals surface area contributed by atoms with Crippen LogP contribution in [0.1, 0.15) is 54.4 Å². The Morgan fingerprint density at radius 3 is 1.27 bits per heavy atom. The predicted molar refractivity (Wildman–Crippen MR) is 54.4 cm³/mol. The molecular weight excluding hydrogens is 239 g/mol. The molecule has 0 saturated heterocycles. The molecule has 0 radical (unpaired) electrons. The van der Waals surface area contributed by atoms with Gasteiger partial charge >= 0.3 is 82.4 Å². The van der Waals surface area contributed by atoms with Gasteiger partial charge in [-0.2, -0.15) is 0 Å². The first-order valence-electron chi connectivity index (χ1n) is 4.62. The molecular formula is C10H22Sn+2. The van der Waals surface area contributed by atoms with Crippen molar-refractivity contribution in [1.82, 2.24) is 0 Å². The van der Waals surface area contributed by atoms with Crippen molar-refractivity contribution in [3.63, 3.8) is 0 Å². The van der Waals surface area contributed by atoms with Crippen molar-refractivity contribution in [3.8, 4) is 0 Å². The summed E-state index contributed by atoms with van der Waals surface area (Å²) in [5.41, 5.74) is 0. The average Bonchev–Trinajstić information content (AvgIpc) is 1.86. The summed E-state index contributed by atoms with van der Waals surface area (Å²) in [6, 6.07) is 0. The van der Waals surface area contributed by atoms with Gasteiger partial charge in [-0.25, -0.2) is 0 Å². The number of rotatable bonds is 4. The fourth-order valence-electron chi connectivity index (χ4n) is 1.09. The van der Waals surface area contributed by atoms with Gasteiger partial charge in [0.15, 0.2) is 0 Å². The molecule has 0 nitrogen and oxygen atoms in total. The van der Waals surface area contributed by atoms with Gasteiger partial charge in [0.1, 0.15) is 0 Å². The summed E-state index contributed by atoms with van der Waals surface area (Å²) in [5.74, 6) is 0. The Morgan fingerprint density at radius 1 is 0.818 bits per heavy atom. The molecule has 0 amide bonds. The Bertz CT molecular complexity index is 100. The second kappa shape index (κ2) is 4.15. The van der Waals surface area contributed by atoms with Crippen molar-refractivity contribution in [2.75, 3.05) is 0 Å². The molecule has 0 bridgehead atoms. The van der Waals surface area contributed by atoms with Crippen LogP contribution in [0.5, 0.6) is 0 Å². The van der Waals surface area contributed by atoms with E-state index in [-0.39, 0.29) is 21.1 Å². The standard InChI is InChI=1S/2C5H11.Sn/c2*1-4-5(2)3;/h2*4H2,1-3H3;/q;;+2. The summed E-state index contributed by atoms with van der Waals surface area (Å²) >= 11 is -0.218. The molecule has 0 spiro atoms. The van der Waals surface area contributed by atoms with E-state index in [9.17, 15) is 0 Å². The monoisotopic (exact) mass is 262 g/mol. The molecule has 0 saturated carbocycles. The molecule has 0 aromatic rings. The maximum absolute atomic E-state index is 2.44. The Kier molecular flexibility index (Phi) is 4.46. The van der Waals surface area contributed by atoms with Gasteiger partial charge in [-0.15, -0.1) is 0 Å². The summed E-state index contributed by atoms with van der Waals surface area (Å²) in [6.07, 6.45) is 2.73. The molecule has 11 heavy (non-hydrogen) atoms. The third-order valence-corrected chi connectivity index (χ3v) is 8.33. The molecule has 0 aliphatic heterocycles. The summed E-state index contributed by atoms with van der Waals surface area (Å²) in [6.45, 7) is 14.4. The van der Waals surface area contributed by atoms with Crippen LogP contribution >= 0.6 is 0 Å². The molecule has 1 heteroatoms. The van der Waals surface area contributed by atoms with Crippen LogP contribution in [0, 0.1) is 0 Å². The Balaban J connectivity index is 4.02. The van der Waals surface area contributed by atoms with Gasteiger partial charge in [0.2, 0.25) is 0 Å². The first-order chi connectivity index (χ1) is 4.83. The first kappa shape index (κ1) is 11.8.